The van der Waals surface area contributed by atoms with E-state index in [1.54, 1.807) is 43.2 Å². The van der Waals surface area contributed by atoms with Crippen LogP contribution in [0.2, 0.25) is 0 Å². The van der Waals surface area contributed by atoms with E-state index in [1.165, 1.54) is 0 Å². The Morgan fingerprint density at radius 2 is 1.60 bits per heavy atom. The zero-order valence-corrected chi connectivity index (χ0v) is 18.5. The molecule has 0 spiro atoms. The Balaban J connectivity index is 2.07. The maximum absolute atomic E-state index is 13.0. The molecule has 0 aliphatic carbocycles. The number of ether oxygens (including phenoxy) is 2. The number of carbonyl (C=O) groups excluding carboxylic acids is 2. The fourth-order valence-corrected chi connectivity index (χ4v) is 2.94. The van der Waals surface area contributed by atoms with Crippen LogP contribution in [0.4, 0.5) is 0 Å². The Hall–Kier alpha value is -3.02. The third-order valence-electron chi connectivity index (χ3n) is 4.57. The summed E-state index contributed by atoms with van der Waals surface area (Å²) in [6.45, 7) is 7.78. The maximum Gasteiger partial charge on any atom is 0.261 e. The number of carbonyl (C=O) groups is 2. The molecule has 0 aliphatic rings. The fourth-order valence-electron chi connectivity index (χ4n) is 2.94. The molecule has 162 valence electrons. The average molecular weight is 413 g/mol. The lowest BCUT2D eigenvalue weighted by molar-refractivity contribution is -0.142. The van der Waals surface area contributed by atoms with Gasteiger partial charge < -0.3 is 19.7 Å². The van der Waals surface area contributed by atoms with Crippen molar-refractivity contribution < 1.29 is 19.1 Å². The van der Waals surface area contributed by atoms with E-state index in [4.69, 9.17) is 9.47 Å². The van der Waals surface area contributed by atoms with Crippen molar-refractivity contribution in [2.45, 2.75) is 45.7 Å². The lowest BCUT2D eigenvalue weighted by atomic mass is 10.1. The Bertz CT molecular complexity index is 813. The van der Waals surface area contributed by atoms with E-state index >= 15 is 0 Å². The van der Waals surface area contributed by atoms with Gasteiger partial charge in [0.15, 0.2) is 6.61 Å². The van der Waals surface area contributed by atoms with Crippen LogP contribution >= 0.6 is 0 Å². The standard InChI is InChI=1S/C24H32N2O4/c1-18(23(28)25-24(2,3)4)26(16-15-19-9-7-6-8-10-19)22(27)17-30-21-13-11-20(29-5)12-14-21/h6-14,18H,15-17H2,1-5H3,(H,25,28)/t18-/m1/s1. The summed E-state index contributed by atoms with van der Waals surface area (Å²) in [7, 11) is 1.59. The summed E-state index contributed by atoms with van der Waals surface area (Å²) in [4.78, 5) is 27.3. The third-order valence-corrected chi connectivity index (χ3v) is 4.57. The molecular formula is C24H32N2O4. The summed E-state index contributed by atoms with van der Waals surface area (Å²) in [5.74, 6) is 0.858. The molecule has 2 aromatic rings. The highest BCUT2D eigenvalue weighted by Crippen LogP contribution is 2.17. The van der Waals surface area contributed by atoms with Gasteiger partial charge in [-0.05, 0) is 63.9 Å². The first-order valence-electron chi connectivity index (χ1n) is 10.1. The second-order valence-electron chi connectivity index (χ2n) is 8.20. The monoisotopic (exact) mass is 412 g/mol. The fraction of sp³-hybridized carbons (Fsp3) is 0.417. The predicted octanol–water partition coefficient (Wildman–Crippen LogP) is 3.45. The summed E-state index contributed by atoms with van der Waals surface area (Å²) in [5.41, 5.74) is 0.730. The van der Waals surface area contributed by atoms with E-state index in [0.29, 0.717) is 24.5 Å². The van der Waals surface area contributed by atoms with E-state index in [9.17, 15) is 9.59 Å². The summed E-state index contributed by atoms with van der Waals surface area (Å²) in [6, 6.07) is 16.3. The number of rotatable bonds is 9. The second-order valence-corrected chi connectivity index (χ2v) is 8.20. The molecule has 1 N–H and O–H groups in total. The Labute approximate surface area is 179 Å². The van der Waals surface area contributed by atoms with E-state index in [1.807, 2.05) is 51.1 Å². The summed E-state index contributed by atoms with van der Waals surface area (Å²) in [6.07, 6.45) is 0.655. The molecule has 0 bridgehead atoms. The Morgan fingerprint density at radius 1 is 1.00 bits per heavy atom. The maximum atomic E-state index is 13.0. The van der Waals surface area contributed by atoms with Crippen LogP contribution in [0.1, 0.15) is 33.3 Å². The minimum absolute atomic E-state index is 0.145. The van der Waals surface area contributed by atoms with E-state index in [2.05, 4.69) is 5.32 Å². The number of benzene rings is 2. The summed E-state index contributed by atoms with van der Waals surface area (Å²) >= 11 is 0. The number of amides is 2. The van der Waals surface area contributed by atoms with Crippen LogP contribution in [0.3, 0.4) is 0 Å². The zero-order chi connectivity index (χ0) is 22.1. The van der Waals surface area contributed by atoms with Gasteiger partial charge in [-0.2, -0.15) is 0 Å². The molecule has 6 heteroatoms. The topological polar surface area (TPSA) is 67.9 Å². The lowest BCUT2D eigenvalue weighted by Crippen LogP contribution is -2.53. The molecule has 0 aromatic heterocycles. The van der Waals surface area contributed by atoms with Crippen LogP contribution in [-0.4, -0.2) is 48.6 Å². The molecule has 0 aliphatic heterocycles. The molecule has 0 saturated heterocycles. The van der Waals surface area contributed by atoms with E-state index < -0.39 is 6.04 Å². The first-order valence-corrected chi connectivity index (χ1v) is 10.1. The van der Waals surface area contributed by atoms with E-state index in [0.717, 1.165) is 5.56 Å². The molecule has 30 heavy (non-hydrogen) atoms. The normalized spacial score (nSPS) is 12.0. The largest absolute Gasteiger partial charge is 0.497 e. The highest BCUT2D eigenvalue weighted by molar-refractivity contribution is 5.88. The number of nitrogens with zero attached hydrogens (tertiary/aromatic N) is 1. The number of nitrogens with one attached hydrogen (secondary N) is 1. The third kappa shape index (κ3) is 7.43. The van der Waals surface area contributed by atoms with Gasteiger partial charge in [0.2, 0.25) is 5.91 Å². The van der Waals surface area contributed by atoms with E-state index in [-0.39, 0.29) is 24.0 Å². The molecule has 2 rings (SSSR count). The second kappa shape index (κ2) is 10.7. The molecule has 0 saturated carbocycles. The van der Waals surface area contributed by atoms with Crippen molar-refractivity contribution >= 4 is 11.8 Å². The van der Waals surface area contributed by atoms with Crippen LogP contribution < -0.4 is 14.8 Å². The Morgan fingerprint density at radius 3 is 2.17 bits per heavy atom. The van der Waals surface area contributed by atoms with Gasteiger partial charge in [-0.25, -0.2) is 0 Å². The summed E-state index contributed by atoms with van der Waals surface area (Å²) < 4.78 is 10.8. The van der Waals surface area contributed by atoms with Gasteiger partial charge in [-0.1, -0.05) is 30.3 Å². The van der Waals surface area contributed by atoms with Crippen molar-refractivity contribution in [2.24, 2.45) is 0 Å². The number of hydrogen-bond acceptors (Lipinski definition) is 4. The van der Waals surface area contributed by atoms with Gasteiger partial charge in [0.1, 0.15) is 17.5 Å². The molecule has 0 fully saturated rings. The van der Waals surface area contributed by atoms with Gasteiger partial charge in [-0.15, -0.1) is 0 Å². The number of hydrogen-bond donors (Lipinski definition) is 1. The van der Waals surface area contributed by atoms with Crippen molar-refractivity contribution in [3.63, 3.8) is 0 Å². The zero-order valence-electron chi connectivity index (χ0n) is 18.5. The van der Waals surface area contributed by atoms with Gasteiger partial charge in [0, 0.05) is 12.1 Å². The highest BCUT2D eigenvalue weighted by atomic mass is 16.5. The minimum Gasteiger partial charge on any atom is -0.497 e. The molecule has 6 nitrogen and oxygen atoms in total. The molecule has 2 aromatic carbocycles. The van der Waals surface area contributed by atoms with Crippen molar-refractivity contribution in [3.8, 4) is 11.5 Å². The molecular weight excluding hydrogens is 380 g/mol. The van der Waals surface area contributed by atoms with Crippen LogP contribution in [0.25, 0.3) is 0 Å². The van der Waals surface area contributed by atoms with Crippen LogP contribution in [-0.2, 0) is 16.0 Å². The molecule has 0 heterocycles. The van der Waals surface area contributed by atoms with Gasteiger partial charge in [-0.3, -0.25) is 9.59 Å². The SMILES string of the molecule is COc1ccc(OCC(=O)N(CCc2ccccc2)[C@H](C)C(=O)NC(C)(C)C)cc1. The lowest BCUT2D eigenvalue weighted by Gasteiger charge is -2.31. The first kappa shape index (κ1) is 23.3. The van der Waals surface area contributed by atoms with Crippen molar-refractivity contribution in [1.29, 1.82) is 0 Å². The molecule has 0 unspecified atom stereocenters. The average Bonchev–Trinajstić information content (AvgIpc) is 2.72. The van der Waals surface area contributed by atoms with Gasteiger partial charge >= 0.3 is 0 Å². The van der Waals surface area contributed by atoms with Crippen LogP contribution in [0, 0.1) is 0 Å². The van der Waals surface area contributed by atoms with Crippen LogP contribution in [0.5, 0.6) is 11.5 Å². The number of methoxy groups -OCH3 is 1. The Kier molecular flexibility index (Phi) is 8.27. The quantitative estimate of drug-likeness (QED) is 0.685. The molecule has 0 radical (unpaired) electrons. The van der Waals surface area contributed by atoms with Gasteiger partial charge in [0.05, 0.1) is 7.11 Å². The predicted molar refractivity (Wildman–Crippen MR) is 118 cm³/mol. The minimum atomic E-state index is -0.611. The van der Waals surface area contributed by atoms with Crippen LogP contribution in [0.15, 0.2) is 54.6 Å². The summed E-state index contributed by atoms with van der Waals surface area (Å²) in [5, 5.41) is 2.95. The molecule has 1 atom stereocenters. The smallest absolute Gasteiger partial charge is 0.261 e. The van der Waals surface area contributed by atoms with Crippen molar-refractivity contribution in [2.75, 3.05) is 20.3 Å². The molecule has 2 amide bonds. The van der Waals surface area contributed by atoms with Crippen molar-refractivity contribution in [3.05, 3.63) is 60.2 Å². The first-order chi connectivity index (χ1) is 14.2. The highest BCUT2D eigenvalue weighted by Gasteiger charge is 2.28. The van der Waals surface area contributed by atoms with Gasteiger partial charge in [0.25, 0.3) is 5.91 Å². The van der Waals surface area contributed by atoms with Crippen molar-refractivity contribution in [1.82, 2.24) is 10.2 Å².